The lowest BCUT2D eigenvalue weighted by molar-refractivity contribution is -0.191. The first-order valence-electron chi connectivity index (χ1n) is 9.29. The van der Waals surface area contributed by atoms with Crippen molar-refractivity contribution >= 4 is 29.4 Å². The monoisotopic (exact) mass is 409 g/mol. The molecule has 0 N–H and O–H groups in total. The van der Waals surface area contributed by atoms with Crippen molar-refractivity contribution in [2.75, 3.05) is 19.1 Å². The summed E-state index contributed by atoms with van der Waals surface area (Å²) in [6, 6.07) is 17.0. The number of nitrogens with zero attached hydrogens (tertiary/aromatic N) is 1. The van der Waals surface area contributed by atoms with Gasteiger partial charge in [0, 0.05) is 0 Å². The zero-order valence-corrected chi connectivity index (χ0v) is 16.3. The fourth-order valence-corrected chi connectivity index (χ4v) is 4.26. The molecule has 2 aromatic carbocycles. The van der Waals surface area contributed by atoms with Gasteiger partial charge in [-0.3, -0.25) is 9.59 Å². The molecule has 2 fully saturated rings. The molecule has 2 aliphatic rings. The molecule has 0 saturated carbocycles. The molecule has 0 bridgehead atoms. The molecule has 2 aliphatic heterocycles. The third-order valence-electron chi connectivity index (χ3n) is 5.55. The normalized spacial score (nSPS) is 24.5. The number of hydrogen-bond acceptors (Lipinski definition) is 7. The molecule has 0 spiro atoms. The number of methoxy groups -OCH3 is 2. The van der Waals surface area contributed by atoms with Crippen LogP contribution in [0.1, 0.15) is 11.7 Å². The molecule has 154 valence electrons. The number of amides is 2. The third kappa shape index (κ3) is 2.64. The Balaban J connectivity index is 1.91. The number of fused-ring (bicyclic) bond motifs is 1. The van der Waals surface area contributed by atoms with Crippen molar-refractivity contribution < 1.29 is 33.4 Å². The Labute approximate surface area is 172 Å². The van der Waals surface area contributed by atoms with Crippen LogP contribution in [0.15, 0.2) is 60.7 Å². The van der Waals surface area contributed by atoms with Crippen LogP contribution in [0.4, 0.5) is 5.69 Å². The number of carbonyl (C=O) groups excluding carboxylic acids is 4. The van der Waals surface area contributed by atoms with E-state index < -0.39 is 47.3 Å². The van der Waals surface area contributed by atoms with E-state index in [-0.39, 0.29) is 0 Å². The number of para-hydroxylation sites is 1. The Morgan fingerprint density at radius 2 is 1.40 bits per heavy atom. The van der Waals surface area contributed by atoms with Gasteiger partial charge in [-0.1, -0.05) is 48.5 Å². The van der Waals surface area contributed by atoms with Crippen molar-refractivity contribution in [3.8, 4) is 0 Å². The van der Waals surface area contributed by atoms with Gasteiger partial charge in [0.1, 0.15) is 5.92 Å². The SMILES string of the molecule is COC(=O)C1(C(=O)OC)O[C@H](c2ccccc2)[C@H]2C(=O)N(c3ccccc3)C(=O)[C@@H]21. The van der Waals surface area contributed by atoms with E-state index in [9.17, 15) is 19.2 Å². The molecule has 2 heterocycles. The molecular formula is C22H19NO7. The van der Waals surface area contributed by atoms with Gasteiger partial charge in [-0.2, -0.15) is 0 Å². The number of benzene rings is 2. The standard InChI is InChI=1S/C22H19NO7/c1-28-20(26)22(21(27)29-2)16-15(17(30-22)13-9-5-3-6-10-13)18(24)23(19(16)25)14-11-7-4-8-12-14/h3-12,15-17H,1-2H3/t15-,16+,17+/m0/s1. The average Bonchev–Trinajstić information content (AvgIpc) is 3.28. The number of imide groups is 1. The zero-order chi connectivity index (χ0) is 21.5. The maximum atomic E-state index is 13.4. The van der Waals surface area contributed by atoms with Crippen LogP contribution in [0.25, 0.3) is 0 Å². The molecular weight excluding hydrogens is 390 g/mol. The van der Waals surface area contributed by atoms with E-state index in [2.05, 4.69) is 0 Å². The van der Waals surface area contributed by atoms with Crippen molar-refractivity contribution in [1.29, 1.82) is 0 Å². The minimum atomic E-state index is -2.38. The van der Waals surface area contributed by atoms with Crippen LogP contribution in [0.3, 0.4) is 0 Å². The van der Waals surface area contributed by atoms with E-state index in [4.69, 9.17) is 14.2 Å². The Hall–Kier alpha value is -3.52. The number of carbonyl (C=O) groups is 4. The highest BCUT2D eigenvalue weighted by molar-refractivity contribution is 6.26. The van der Waals surface area contributed by atoms with E-state index in [1.165, 1.54) is 0 Å². The molecule has 8 heteroatoms. The second-order valence-electron chi connectivity index (χ2n) is 7.02. The summed E-state index contributed by atoms with van der Waals surface area (Å²) in [5.41, 5.74) is -1.49. The van der Waals surface area contributed by atoms with Gasteiger partial charge in [0.05, 0.1) is 31.9 Å². The summed E-state index contributed by atoms with van der Waals surface area (Å²) < 4.78 is 15.6. The number of hydrogen-bond donors (Lipinski definition) is 0. The smallest absolute Gasteiger partial charge is 0.350 e. The van der Waals surface area contributed by atoms with Crippen LogP contribution < -0.4 is 4.90 Å². The number of ether oxygens (including phenoxy) is 3. The summed E-state index contributed by atoms with van der Waals surface area (Å²) in [6.45, 7) is 0. The first kappa shape index (κ1) is 19.8. The summed E-state index contributed by atoms with van der Waals surface area (Å²) in [6.07, 6.45) is -1.01. The van der Waals surface area contributed by atoms with Crippen LogP contribution >= 0.6 is 0 Å². The summed E-state index contributed by atoms with van der Waals surface area (Å²) >= 11 is 0. The molecule has 0 aliphatic carbocycles. The van der Waals surface area contributed by atoms with Crippen molar-refractivity contribution in [2.45, 2.75) is 11.7 Å². The van der Waals surface area contributed by atoms with Crippen LogP contribution in [0.2, 0.25) is 0 Å². The Kier molecular flexibility index (Phi) is 4.87. The Morgan fingerprint density at radius 1 is 0.867 bits per heavy atom. The first-order chi connectivity index (χ1) is 14.5. The van der Waals surface area contributed by atoms with Gasteiger partial charge in [0.15, 0.2) is 0 Å². The number of anilines is 1. The van der Waals surface area contributed by atoms with Gasteiger partial charge >= 0.3 is 11.9 Å². The summed E-state index contributed by atoms with van der Waals surface area (Å²) in [4.78, 5) is 53.5. The van der Waals surface area contributed by atoms with E-state index in [1.807, 2.05) is 0 Å². The molecule has 2 saturated heterocycles. The lowest BCUT2D eigenvalue weighted by Gasteiger charge is -2.28. The largest absolute Gasteiger partial charge is 0.466 e. The van der Waals surface area contributed by atoms with E-state index in [0.29, 0.717) is 11.3 Å². The van der Waals surface area contributed by atoms with Gasteiger partial charge in [-0.25, -0.2) is 14.5 Å². The van der Waals surface area contributed by atoms with E-state index in [1.54, 1.807) is 60.7 Å². The lowest BCUT2D eigenvalue weighted by atomic mass is 9.79. The molecule has 3 atom stereocenters. The fraction of sp³-hybridized carbons (Fsp3) is 0.273. The molecule has 8 nitrogen and oxygen atoms in total. The van der Waals surface area contributed by atoms with Gasteiger partial charge < -0.3 is 14.2 Å². The average molecular weight is 409 g/mol. The van der Waals surface area contributed by atoms with Gasteiger partial charge in [0.25, 0.3) is 5.60 Å². The van der Waals surface area contributed by atoms with Crippen molar-refractivity contribution in [3.63, 3.8) is 0 Å². The third-order valence-corrected chi connectivity index (χ3v) is 5.55. The second-order valence-corrected chi connectivity index (χ2v) is 7.02. The molecule has 2 amide bonds. The first-order valence-corrected chi connectivity index (χ1v) is 9.29. The van der Waals surface area contributed by atoms with Crippen LogP contribution in [0.5, 0.6) is 0 Å². The minimum absolute atomic E-state index is 0.345. The predicted octanol–water partition coefficient (Wildman–Crippen LogP) is 1.65. The van der Waals surface area contributed by atoms with Gasteiger partial charge in [0.2, 0.25) is 11.8 Å². The quantitative estimate of drug-likeness (QED) is 0.430. The van der Waals surface area contributed by atoms with Crippen molar-refractivity contribution in [3.05, 3.63) is 66.2 Å². The Bertz CT molecular complexity index is 989. The highest BCUT2D eigenvalue weighted by atomic mass is 16.6. The Morgan fingerprint density at radius 3 is 1.93 bits per heavy atom. The molecule has 0 radical (unpaired) electrons. The maximum absolute atomic E-state index is 13.4. The highest BCUT2D eigenvalue weighted by Crippen LogP contribution is 2.54. The molecule has 4 rings (SSSR count). The van der Waals surface area contributed by atoms with Crippen LogP contribution in [-0.2, 0) is 33.4 Å². The minimum Gasteiger partial charge on any atom is -0.466 e. The van der Waals surface area contributed by atoms with Crippen molar-refractivity contribution in [2.24, 2.45) is 11.8 Å². The number of esters is 2. The second kappa shape index (κ2) is 7.38. The van der Waals surface area contributed by atoms with E-state index in [0.717, 1.165) is 19.1 Å². The van der Waals surface area contributed by atoms with Crippen molar-refractivity contribution in [1.82, 2.24) is 0 Å². The molecule has 2 aromatic rings. The highest BCUT2D eigenvalue weighted by Gasteiger charge is 2.74. The van der Waals surface area contributed by atoms with Crippen LogP contribution in [0, 0.1) is 11.8 Å². The summed E-state index contributed by atoms with van der Waals surface area (Å²) in [7, 11) is 2.16. The molecule has 30 heavy (non-hydrogen) atoms. The zero-order valence-electron chi connectivity index (χ0n) is 16.3. The summed E-state index contributed by atoms with van der Waals surface area (Å²) in [5.74, 6) is -5.96. The lowest BCUT2D eigenvalue weighted by Crippen LogP contribution is -2.56. The number of rotatable bonds is 4. The van der Waals surface area contributed by atoms with E-state index >= 15 is 0 Å². The van der Waals surface area contributed by atoms with Gasteiger partial charge in [-0.05, 0) is 17.7 Å². The molecule has 0 unspecified atom stereocenters. The maximum Gasteiger partial charge on any atom is 0.350 e. The fourth-order valence-electron chi connectivity index (χ4n) is 4.26. The van der Waals surface area contributed by atoms with Gasteiger partial charge in [-0.15, -0.1) is 0 Å². The summed E-state index contributed by atoms with van der Waals surface area (Å²) in [5, 5.41) is 0. The molecule has 0 aromatic heterocycles. The topological polar surface area (TPSA) is 99.2 Å². The van der Waals surface area contributed by atoms with Crippen LogP contribution in [-0.4, -0.2) is 43.6 Å². The predicted molar refractivity (Wildman–Crippen MR) is 103 cm³/mol.